The van der Waals surface area contributed by atoms with E-state index in [4.69, 9.17) is 14.6 Å². The minimum absolute atomic E-state index is 0.309. The van der Waals surface area contributed by atoms with Crippen LogP contribution in [0, 0.1) is 0 Å². The molecule has 0 radical (unpaired) electrons. The van der Waals surface area contributed by atoms with Gasteiger partial charge in [-0.25, -0.2) is 4.79 Å². The molecule has 0 bridgehead atoms. The molecular formula is C15H18O9. The van der Waals surface area contributed by atoms with E-state index < -0.39 is 43.3 Å². The van der Waals surface area contributed by atoms with E-state index in [0.717, 1.165) is 6.08 Å². The van der Waals surface area contributed by atoms with Gasteiger partial charge >= 0.3 is 5.97 Å². The molecule has 1 aromatic carbocycles. The van der Waals surface area contributed by atoms with Crippen LogP contribution in [0.1, 0.15) is 5.56 Å². The van der Waals surface area contributed by atoms with Crippen molar-refractivity contribution in [1.82, 2.24) is 0 Å². The lowest BCUT2D eigenvalue weighted by atomic mass is 9.99. The Morgan fingerprint density at radius 1 is 1.12 bits per heavy atom. The lowest BCUT2D eigenvalue weighted by Crippen LogP contribution is -2.59. The van der Waals surface area contributed by atoms with Gasteiger partial charge in [0, 0.05) is 6.08 Å². The number of benzene rings is 1. The maximum Gasteiger partial charge on any atom is 0.333 e. The van der Waals surface area contributed by atoms with E-state index >= 15 is 0 Å². The third-order valence-corrected chi connectivity index (χ3v) is 3.49. The summed E-state index contributed by atoms with van der Waals surface area (Å²) in [7, 11) is 0. The SMILES string of the molecule is O=C(C=Cc1ccc(O)c(O)c1)O[C@H]1O[C@H](CO)[C@@H](O)[C@H](O)[C@H]1O. The molecule has 2 rings (SSSR count). The smallest absolute Gasteiger partial charge is 0.333 e. The van der Waals surface area contributed by atoms with Crippen LogP contribution in [0.25, 0.3) is 6.08 Å². The van der Waals surface area contributed by atoms with Crippen LogP contribution in [0.4, 0.5) is 0 Å². The summed E-state index contributed by atoms with van der Waals surface area (Å²) in [4.78, 5) is 11.7. The van der Waals surface area contributed by atoms with Gasteiger partial charge < -0.3 is 40.1 Å². The molecule has 5 atom stereocenters. The highest BCUT2D eigenvalue weighted by molar-refractivity contribution is 5.87. The van der Waals surface area contributed by atoms with Crippen molar-refractivity contribution in [2.24, 2.45) is 0 Å². The van der Waals surface area contributed by atoms with Crippen LogP contribution < -0.4 is 0 Å². The van der Waals surface area contributed by atoms with Crippen LogP contribution >= 0.6 is 0 Å². The molecule has 24 heavy (non-hydrogen) atoms. The quantitative estimate of drug-likeness (QED) is 0.217. The molecule has 0 aromatic heterocycles. The summed E-state index contributed by atoms with van der Waals surface area (Å²) >= 11 is 0. The van der Waals surface area contributed by atoms with Crippen molar-refractivity contribution in [3.8, 4) is 11.5 Å². The molecule has 9 heteroatoms. The molecule has 132 valence electrons. The summed E-state index contributed by atoms with van der Waals surface area (Å²) in [6, 6.07) is 3.89. The van der Waals surface area contributed by atoms with Gasteiger partial charge in [-0.15, -0.1) is 0 Å². The molecule has 0 spiro atoms. The second-order valence-electron chi connectivity index (χ2n) is 5.22. The number of phenolic OH excluding ortho intramolecular Hbond substituents is 2. The van der Waals surface area contributed by atoms with Gasteiger partial charge in [0.1, 0.15) is 24.4 Å². The number of hydrogen-bond acceptors (Lipinski definition) is 9. The summed E-state index contributed by atoms with van der Waals surface area (Å²) in [6.45, 7) is -0.637. The second-order valence-corrected chi connectivity index (χ2v) is 5.22. The normalized spacial score (nSPS) is 30.4. The highest BCUT2D eigenvalue weighted by atomic mass is 16.7. The Bertz CT molecular complexity index is 613. The summed E-state index contributed by atoms with van der Waals surface area (Å²) in [6.07, 6.45) is -5.36. The Hall–Kier alpha value is -2.17. The predicted octanol–water partition coefficient (Wildman–Crippen LogP) is -1.55. The van der Waals surface area contributed by atoms with E-state index in [1.165, 1.54) is 24.3 Å². The molecule has 9 nitrogen and oxygen atoms in total. The molecular weight excluding hydrogens is 324 g/mol. The van der Waals surface area contributed by atoms with Gasteiger partial charge in [0.2, 0.25) is 6.29 Å². The molecule has 1 aromatic rings. The molecule has 1 aliphatic heterocycles. The van der Waals surface area contributed by atoms with E-state index in [1.54, 1.807) is 0 Å². The van der Waals surface area contributed by atoms with Crippen molar-refractivity contribution < 1.29 is 44.9 Å². The number of aliphatic hydroxyl groups excluding tert-OH is 4. The topological polar surface area (TPSA) is 157 Å². The maximum atomic E-state index is 11.7. The van der Waals surface area contributed by atoms with Gasteiger partial charge in [-0.05, 0) is 23.8 Å². The van der Waals surface area contributed by atoms with Gasteiger partial charge in [-0.2, -0.15) is 0 Å². The summed E-state index contributed by atoms with van der Waals surface area (Å²) in [5.74, 6) is -1.60. The molecule has 0 amide bonds. The van der Waals surface area contributed by atoms with Crippen molar-refractivity contribution in [2.75, 3.05) is 6.61 Å². The minimum atomic E-state index is -1.68. The van der Waals surface area contributed by atoms with E-state index in [2.05, 4.69) is 0 Å². The Morgan fingerprint density at radius 3 is 2.46 bits per heavy atom. The number of hydrogen-bond donors (Lipinski definition) is 6. The highest BCUT2D eigenvalue weighted by Crippen LogP contribution is 2.25. The van der Waals surface area contributed by atoms with Gasteiger partial charge in [0.05, 0.1) is 6.61 Å². The Balaban J connectivity index is 2.00. The number of aliphatic hydroxyl groups is 4. The summed E-state index contributed by atoms with van der Waals surface area (Å²) in [5, 5.41) is 56.5. The van der Waals surface area contributed by atoms with Crippen LogP contribution in [-0.4, -0.2) is 73.9 Å². The van der Waals surface area contributed by atoms with E-state index in [-0.39, 0.29) is 11.5 Å². The number of ether oxygens (including phenoxy) is 2. The molecule has 1 saturated heterocycles. The van der Waals surface area contributed by atoms with Crippen LogP contribution in [0.3, 0.4) is 0 Å². The van der Waals surface area contributed by atoms with Crippen molar-refractivity contribution >= 4 is 12.0 Å². The lowest BCUT2D eigenvalue weighted by molar-refractivity contribution is -0.291. The number of phenols is 2. The maximum absolute atomic E-state index is 11.7. The molecule has 1 aliphatic rings. The van der Waals surface area contributed by atoms with Crippen LogP contribution in [0.2, 0.25) is 0 Å². The van der Waals surface area contributed by atoms with E-state index in [9.17, 15) is 30.3 Å². The Labute approximate surface area is 136 Å². The van der Waals surface area contributed by atoms with Crippen molar-refractivity contribution in [1.29, 1.82) is 0 Å². The standard InChI is InChI=1S/C15H18O9/c16-6-10-12(20)13(21)14(22)15(23-10)24-11(19)4-2-7-1-3-8(17)9(18)5-7/h1-5,10,12-18,20-22H,6H2/t10-,12-,13+,14-,15-/m1/s1. The van der Waals surface area contributed by atoms with Gasteiger partial charge in [0.25, 0.3) is 0 Å². The van der Waals surface area contributed by atoms with Gasteiger partial charge in [-0.1, -0.05) is 6.07 Å². The van der Waals surface area contributed by atoms with E-state index in [1.807, 2.05) is 0 Å². The summed E-state index contributed by atoms with van der Waals surface area (Å²) < 4.78 is 9.87. The van der Waals surface area contributed by atoms with Crippen LogP contribution in [-0.2, 0) is 14.3 Å². The molecule has 1 heterocycles. The zero-order chi connectivity index (χ0) is 17.9. The first-order valence-electron chi connectivity index (χ1n) is 7.04. The first-order valence-corrected chi connectivity index (χ1v) is 7.04. The second kappa shape index (κ2) is 7.60. The number of rotatable bonds is 4. The fourth-order valence-corrected chi connectivity index (χ4v) is 2.13. The molecule has 0 aliphatic carbocycles. The Kier molecular flexibility index (Phi) is 5.75. The molecule has 6 N–H and O–H groups in total. The number of carbonyl (C=O) groups is 1. The molecule has 0 saturated carbocycles. The first-order chi connectivity index (χ1) is 11.3. The molecule has 1 fully saturated rings. The van der Waals surface area contributed by atoms with Crippen molar-refractivity contribution in [2.45, 2.75) is 30.7 Å². The zero-order valence-corrected chi connectivity index (χ0v) is 12.4. The van der Waals surface area contributed by atoms with Crippen molar-refractivity contribution in [3.63, 3.8) is 0 Å². The van der Waals surface area contributed by atoms with E-state index in [0.29, 0.717) is 5.56 Å². The number of esters is 1. The molecule has 0 unspecified atom stereocenters. The number of carbonyl (C=O) groups excluding carboxylic acids is 1. The third kappa shape index (κ3) is 4.02. The highest BCUT2D eigenvalue weighted by Gasteiger charge is 2.45. The third-order valence-electron chi connectivity index (χ3n) is 3.49. The predicted molar refractivity (Wildman–Crippen MR) is 78.7 cm³/mol. The Morgan fingerprint density at radius 2 is 1.83 bits per heavy atom. The van der Waals surface area contributed by atoms with Gasteiger partial charge in [0.15, 0.2) is 11.5 Å². The zero-order valence-electron chi connectivity index (χ0n) is 12.4. The van der Waals surface area contributed by atoms with Crippen molar-refractivity contribution in [3.05, 3.63) is 29.8 Å². The van der Waals surface area contributed by atoms with Crippen LogP contribution in [0.5, 0.6) is 11.5 Å². The fourth-order valence-electron chi connectivity index (χ4n) is 2.13. The first kappa shape index (κ1) is 18.2. The summed E-state index contributed by atoms with van der Waals surface area (Å²) in [5.41, 5.74) is 0.399. The average molecular weight is 342 g/mol. The van der Waals surface area contributed by atoms with Crippen LogP contribution in [0.15, 0.2) is 24.3 Å². The largest absolute Gasteiger partial charge is 0.504 e. The minimum Gasteiger partial charge on any atom is -0.504 e. The monoisotopic (exact) mass is 342 g/mol. The van der Waals surface area contributed by atoms with Gasteiger partial charge in [-0.3, -0.25) is 0 Å². The lowest BCUT2D eigenvalue weighted by Gasteiger charge is -2.38. The number of aromatic hydroxyl groups is 2. The average Bonchev–Trinajstić information content (AvgIpc) is 2.56. The fraction of sp³-hybridized carbons (Fsp3) is 0.400.